The lowest BCUT2D eigenvalue weighted by Crippen LogP contribution is -2.40. The van der Waals surface area contributed by atoms with Crippen molar-refractivity contribution in [2.45, 2.75) is 37.8 Å². The smallest absolute Gasteiger partial charge is 0.337 e. The fourth-order valence-corrected chi connectivity index (χ4v) is 4.73. The lowest BCUT2D eigenvalue weighted by Gasteiger charge is -2.20. The van der Waals surface area contributed by atoms with E-state index in [1.54, 1.807) is 39.0 Å². The quantitative estimate of drug-likeness (QED) is 0.503. The van der Waals surface area contributed by atoms with E-state index in [-0.39, 0.29) is 23.5 Å². The number of allylic oxidation sites excluding steroid dienone is 1. The molecule has 2 aromatic carbocycles. The summed E-state index contributed by atoms with van der Waals surface area (Å²) in [5.41, 5.74) is 6.59. The normalized spacial score (nSPS) is 12.8. The predicted molar refractivity (Wildman–Crippen MR) is 123 cm³/mol. The zero-order chi connectivity index (χ0) is 24.4. The van der Waals surface area contributed by atoms with E-state index in [1.807, 2.05) is 0 Å². The molecule has 9 nitrogen and oxygen atoms in total. The summed E-state index contributed by atoms with van der Waals surface area (Å²) in [4.78, 5) is 12.4. The van der Waals surface area contributed by atoms with Crippen LogP contribution in [-0.2, 0) is 21.3 Å². The third kappa shape index (κ3) is 5.62. The maximum Gasteiger partial charge on any atom is 0.337 e. The molecule has 0 saturated heterocycles. The Morgan fingerprint density at radius 2 is 2.00 bits per heavy atom. The van der Waals surface area contributed by atoms with Gasteiger partial charge in [0, 0.05) is 17.6 Å². The SMILES string of the molecule is COC(=O)c1cc(-c2cccc(S(=O)(=O)NC(C)(C)C)c2)c2nnn(C/C(F)=C/CN)c2c1. The van der Waals surface area contributed by atoms with E-state index in [2.05, 4.69) is 15.0 Å². The second-order valence-corrected chi connectivity index (χ2v) is 10.1. The van der Waals surface area contributed by atoms with Crippen LogP contribution in [-0.4, -0.2) is 48.6 Å². The zero-order valence-electron chi connectivity index (χ0n) is 18.8. The van der Waals surface area contributed by atoms with Crippen molar-refractivity contribution >= 4 is 27.0 Å². The van der Waals surface area contributed by atoms with E-state index >= 15 is 0 Å². The number of hydrogen-bond donors (Lipinski definition) is 2. The molecule has 0 fully saturated rings. The van der Waals surface area contributed by atoms with Crippen molar-refractivity contribution in [2.24, 2.45) is 5.73 Å². The Bertz CT molecular complexity index is 1330. The molecule has 11 heteroatoms. The third-order valence-electron chi connectivity index (χ3n) is 4.58. The van der Waals surface area contributed by atoms with E-state index < -0.39 is 27.4 Å². The van der Waals surface area contributed by atoms with Gasteiger partial charge in [0.25, 0.3) is 0 Å². The van der Waals surface area contributed by atoms with Gasteiger partial charge in [0.15, 0.2) is 0 Å². The van der Waals surface area contributed by atoms with Crippen LogP contribution in [0.3, 0.4) is 0 Å². The molecule has 0 amide bonds. The number of carbonyl (C=O) groups is 1. The Morgan fingerprint density at radius 3 is 2.64 bits per heavy atom. The number of halogens is 1. The molecule has 0 bridgehead atoms. The lowest BCUT2D eigenvalue weighted by atomic mass is 10.0. The number of fused-ring (bicyclic) bond motifs is 1. The van der Waals surface area contributed by atoms with Gasteiger partial charge in [-0.25, -0.2) is 27.0 Å². The van der Waals surface area contributed by atoms with E-state index in [9.17, 15) is 17.6 Å². The Hall–Kier alpha value is -3.15. The first kappa shape index (κ1) is 24.5. The number of ether oxygens (including phenoxy) is 1. The zero-order valence-corrected chi connectivity index (χ0v) is 19.6. The van der Waals surface area contributed by atoms with Gasteiger partial charge in [0.05, 0.1) is 29.6 Å². The monoisotopic (exact) mass is 475 g/mol. The van der Waals surface area contributed by atoms with Crippen LogP contribution in [0.4, 0.5) is 4.39 Å². The Kier molecular flexibility index (Phi) is 6.96. The van der Waals surface area contributed by atoms with Crippen molar-refractivity contribution < 1.29 is 22.3 Å². The van der Waals surface area contributed by atoms with Gasteiger partial charge in [-0.05, 0) is 56.7 Å². The van der Waals surface area contributed by atoms with Crippen LogP contribution in [0.25, 0.3) is 22.2 Å². The van der Waals surface area contributed by atoms with Crippen LogP contribution >= 0.6 is 0 Å². The number of benzene rings is 2. The number of aromatic nitrogens is 3. The second kappa shape index (κ2) is 9.38. The van der Waals surface area contributed by atoms with Gasteiger partial charge in [-0.2, -0.15) is 0 Å². The van der Waals surface area contributed by atoms with Crippen LogP contribution in [0.1, 0.15) is 31.1 Å². The van der Waals surface area contributed by atoms with Crippen LogP contribution in [0, 0.1) is 0 Å². The first-order chi connectivity index (χ1) is 15.4. The lowest BCUT2D eigenvalue weighted by molar-refractivity contribution is 0.0601. The van der Waals surface area contributed by atoms with Crippen molar-refractivity contribution in [3.05, 3.63) is 53.9 Å². The fraction of sp³-hybridized carbons (Fsp3) is 0.318. The third-order valence-corrected chi connectivity index (χ3v) is 6.33. The molecule has 1 heterocycles. The topological polar surface area (TPSA) is 129 Å². The molecular weight excluding hydrogens is 449 g/mol. The number of rotatable bonds is 7. The predicted octanol–water partition coefficient (Wildman–Crippen LogP) is 2.77. The van der Waals surface area contributed by atoms with Crippen LogP contribution in [0.2, 0.25) is 0 Å². The molecule has 0 aliphatic carbocycles. The highest BCUT2D eigenvalue weighted by molar-refractivity contribution is 7.89. The number of nitrogens with one attached hydrogen (secondary N) is 1. The summed E-state index contributed by atoms with van der Waals surface area (Å²) < 4.78 is 48.5. The molecule has 176 valence electrons. The number of sulfonamides is 1. The first-order valence-corrected chi connectivity index (χ1v) is 11.6. The molecule has 33 heavy (non-hydrogen) atoms. The maximum absolute atomic E-state index is 14.1. The molecule has 0 saturated carbocycles. The summed E-state index contributed by atoms with van der Waals surface area (Å²) in [6, 6.07) is 9.29. The van der Waals surface area contributed by atoms with Gasteiger partial charge >= 0.3 is 5.97 Å². The van der Waals surface area contributed by atoms with Crippen molar-refractivity contribution in [1.82, 2.24) is 19.7 Å². The van der Waals surface area contributed by atoms with Crippen LogP contribution in [0.5, 0.6) is 0 Å². The van der Waals surface area contributed by atoms with Crippen LogP contribution < -0.4 is 10.5 Å². The molecule has 0 unspecified atom stereocenters. The molecule has 0 radical (unpaired) electrons. The Morgan fingerprint density at radius 1 is 1.27 bits per heavy atom. The average Bonchev–Trinajstić information content (AvgIpc) is 3.13. The summed E-state index contributed by atoms with van der Waals surface area (Å²) in [7, 11) is -2.55. The minimum atomic E-state index is -3.80. The van der Waals surface area contributed by atoms with Gasteiger partial charge < -0.3 is 10.5 Å². The molecule has 0 aliphatic heterocycles. The highest BCUT2D eigenvalue weighted by Gasteiger charge is 2.23. The molecule has 0 spiro atoms. The number of carbonyl (C=O) groups excluding carboxylic acids is 1. The van der Waals surface area contributed by atoms with Crippen molar-refractivity contribution in [3.63, 3.8) is 0 Å². The van der Waals surface area contributed by atoms with Crippen molar-refractivity contribution in [1.29, 1.82) is 0 Å². The van der Waals surface area contributed by atoms with Crippen LogP contribution in [0.15, 0.2) is 53.2 Å². The highest BCUT2D eigenvalue weighted by atomic mass is 32.2. The summed E-state index contributed by atoms with van der Waals surface area (Å²) in [6.45, 7) is 5.04. The number of methoxy groups -OCH3 is 1. The molecule has 0 atom stereocenters. The molecule has 3 N–H and O–H groups in total. The number of nitrogens with two attached hydrogens (primary N) is 1. The molecular formula is C22H26FN5O4S. The van der Waals surface area contributed by atoms with Gasteiger partial charge in [-0.15, -0.1) is 5.10 Å². The maximum atomic E-state index is 14.1. The molecule has 3 rings (SSSR count). The average molecular weight is 476 g/mol. The van der Waals surface area contributed by atoms with Gasteiger partial charge in [0.1, 0.15) is 11.3 Å². The van der Waals surface area contributed by atoms with Gasteiger partial charge in [-0.3, -0.25) is 0 Å². The van der Waals surface area contributed by atoms with E-state index in [1.165, 1.54) is 36.1 Å². The fourth-order valence-electron chi connectivity index (χ4n) is 3.27. The van der Waals surface area contributed by atoms with Crippen molar-refractivity contribution in [3.8, 4) is 11.1 Å². The standard InChI is InChI=1S/C22H26FN5O4S/c1-22(2,3)26-33(30,31)17-7-5-6-14(10-17)18-11-15(21(29)32-4)12-19-20(18)25-27-28(19)13-16(23)8-9-24/h5-8,10-12,26H,9,13,24H2,1-4H3/b16-8-. The Balaban J connectivity index is 2.19. The molecule has 3 aromatic rings. The summed E-state index contributed by atoms with van der Waals surface area (Å²) in [5.74, 6) is -1.11. The number of nitrogens with zero attached hydrogens (tertiary/aromatic N) is 3. The second-order valence-electron chi connectivity index (χ2n) is 8.40. The summed E-state index contributed by atoms with van der Waals surface area (Å²) in [6.07, 6.45) is 1.22. The number of hydrogen-bond acceptors (Lipinski definition) is 7. The van der Waals surface area contributed by atoms with E-state index in [0.717, 1.165) is 0 Å². The largest absolute Gasteiger partial charge is 0.465 e. The summed E-state index contributed by atoms with van der Waals surface area (Å²) >= 11 is 0. The van der Waals surface area contributed by atoms with E-state index in [0.29, 0.717) is 22.2 Å². The first-order valence-electron chi connectivity index (χ1n) is 10.1. The minimum Gasteiger partial charge on any atom is -0.465 e. The Labute approximate surface area is 191 Å². The van der Waals surface area contributed by atoms with Gasteiger partial charge in [-0.1, -0.05) is 17.3 Å². The van der Waals surface area contributed by atoms with Gasteiger partial charge in [0.2, 0.25) is 10.0 Å². The minimum absolute atomic E-state index is 0.0288. The number of esters is 1. The van der Waals surface area contributed by atoms with Crippen molar-refractivity contribution in [2.75, 3.05) is 13.7 Å². The summed E-state index contributed by atoms with van der Waals surface area (Å²) in [5, 5.41) is 8.17. The van der Waals surface area contributed by atoms with E-state index in [4.69, 9.17) is 10.5 Å². The highest BCUT2D eigenvalue weighted by Crippen LogP contribution is 2.31. The molecule has 1 aromatic heterocycles. The molecule has 0 aliphatic rings.